The van der Waals surface area contributed by atoms with Gasteiger partial charge in [-0.25, -0.2) is 4.85 Å². The van der Waals surface area contributed by atoms with Crippen molar-refractivity contribution in [2.75, 3.05) is 0 Å². The summed E-state index contributed by atoms with van der Waals surface area (Å²) in [5, 5.41) is 9.38. The highest BCUT2D eigenvalue weighted by Gasteiger charge is 2.24. The van der Waals surface area contributed by atoms with Crippen LogP contribution in [0, 0.1) is 6.57 Å². The maximum absolute atomic E-state index is 7.69. The highest BCUT2D eigenvalue weighted by molar-refractivity contribution is 6.27. The predicted octanol–water partition coefficient (Wildman–Crippen LogP) is 10.6. The van der Waals surface area contributed by atoms with E-state index in [-0.39, 0.29) is 0 Å². The van der Waals surface area contributed by atoms with Crippen molar-refractivity contribution in [3.63, 3.8) is 0 Å². The number of hydrogen-bond acceptors (Lipinski definition) is 2. The van der Waals surface area contributed by atoms with Gasteiger partial charge in [0.1, 0.15) is 0 Å². The lowest BCUT2D eigenvalue weighted by Gasteiger charge is -2.17. The molecule has 0 spiro atoms. The average molecular weight is 532 g/mol. The highest BCUT2D eigenvalue weighted by Crippen LogP contribution is 2.51. The third-order valence-electron chi connectivity index (χ3n) is 8.68. The summed E-state index contributed by atoms with van der Waals surface area (Å²) in [6.45, 7) is 7.69. The van der Waals surface area contributed by atoms with Crippen LogP contribution in [-0.4, -0.2) is 9.97 Å². The van der Waals surface area contributed by atoms with E-state index < -0.39 is 0 Å². The van der Waals surface area contributed by atoms with Gasteiger partial charge in [-0.05, 0) is 120 Å². The highest BCUT2D eigenvalue weighted by atomic mass is 14.7. The number of benzene rings is 6. The molecule has 0 amide bonds. The largest absolute Gasteiger partial charge is 0.256 e. The van der Waals surface area contributed by atoms with Crippen LogP contribution in [0.25, 0.3) is 92.7 Å². The second-order valence-electron chi connectivity index (χ2n) is 10.9. The van der Waals surface area contributed by atoms with Gasteiger partial charge in [0, 0.05) is 23.5 Å². The van der Waals surface area contributed by atoms with Crippen molar-refractivity contribution in [3.8, 4) is 44.8 Å². The van der Waals surface area contributed by atoms with Crippen molar-refractivity contribution >= 4 is 48.8 Å². The molecule has 9 rings (SSSR count). The molecule has 3 nitrogen and oxygen atoms in total. The van der Waals surface area contributed by atoms with Crippen LogP contribution in [0.3, 0.4) is 0 Å². The SMILES string of the molecule is [C-]#[N+]c1ccc2c(c1)c(-c1ccccn1)cc1c3cc4c(cc3c(-c3ccccn3)cc21)-c1cccc2cccc-4c12. The number of aromatic nitrogens is 2. The van der Waals surface area contributed by atoms with E-state index in [0.717, 1.165) is 38.7 Å². The predicted molar refractivity (Wildman–Crippen MR) is 174 cm³/mol. The lowest BCUT2D eigenvalue weighted by atomic mass is 9.87. The molecular formula is C39H21N3. The molecule has 0 atom stereocenters. The molecule has 0 bridgehead atoms. The summed E-state index contributed by atoms with van der Waals surface area (Å²) < 4.78 is 0. The molecule has 42 heavy (non-hydrogen) atoms. The van der Waals surface area contributed by atoms with E-state index in [1.165, 1.54) is 49.2 Å². The maximum Gasteiger partial charge on any atom is 0.187 e. The van der Waals surface area contributed by atoms with E-state index in [1.54, 1.807) is 0 Å². The number of hydrogen-bond donors (Lipinski definition) is 0. The first-order chi connectivity index (χ1) is 20.8. The van der Waals surface area contributed by atoms with Crippen LogP contribution in [0.4, 0.5) is 5.69 Å². The van der Waals surface area contributed by atoms with Gasteiger partial charge in [0.15, 0.2) is 5.69 Å². The van der Waals surface area contributed by atoms with Crippen molar-refractivity contribution in [1.29, 1.82) is 0 Å². The van der Waals surface area contributed by atoms with Gasteiger partial charge in [-0.1, -0.05) is 60.7 Å². The van der Waals surface area contributed by atoms with Crippen LogP contribution in [-0.2, 0) is 0 Å². The number of nitrogens with zero attached hydrogens (tertiary/aromatic N) is 3. The van der Waals surface area contributed by atoms with E-state index in [4.69, 9.17) is 16.5 Å². The van der Waals surface area contributed by atoms with Crippen molar-refractivity contribution in [2.45, 2.75) is 0 Å². The standard InChI is InChI=1S/C39H21N3/c1-40-24-14-15-25-28(18-24)35(37-12-2-4-16-41-37)22-33-29(25)21-36(38-13-3-5-17-42-38)34-20-31-27-11-7-9-23-8-6-10-26(39(23)27)30(31)19-32(33)34/h2-22H. The van der Waals surface area contributed by atoms with Crippen molar-refractivity contribution in [1.82, 2.24) is 9.97 Å². The molecule has 0 saturated heterocycles. The Bertz CT molecular complexity index is 2450. The molecule has 192 valence electrons. The minimum Gasteiger partial charge on any atom is -0.256 e. The zero-order valence-electron chi connectivity index (χ0n) is 22.5. The van der Waals surface area contributed by atoms with Gasteiger partial charge in [-0.15, -0.1) is 0 Å². The molecule has 0 radical (unpaired) electrons. The second kappa shape index (κ2) is 8.57. The van der Waals surface area contributed by atoms with Gasteiger partial charge in [0.25, 0.3) is 0 Å². The van der Waals surface area contributed by atoms with Crippen molar-refractivity contribution < 1.29 is 0 Å². The Balaban J connectivity index is 1.49. The summed E-state index contributed by atoms with van der Waals surface area (Å²) in [5.41, 5.74) is 9.68. The van der Waals surface area contributed by atoms with Gasteiger partial charge in [-0.3, -0.25) is 9.97 Å². The van der Waals surface area contributed by atoms with E-state index >= 15 is 0 Å². The first-order valence-electron chi connectivity index (χ1n) is 14.0. The van der Waals surface area contributed by atoms with Gasteiger partial charge in [-0.2, -0.15) is 0 Å². The lowest BCUT2D eigenvalue weighted by molar-refractivity contribution is 1.33. The molecule has 0 aliphatic heterocycles. The molecule has 0 unspecified atom stereocenters. The quantitative estimate of drug-likeness (QED) is 0.164. The number of fused-ring (bicyclic) bond motifs is 8. The molecular weight excluding hydrogens is 510 g/mol. The fourth-order valence-electron chi connectivity index (χ4n) is 6.85. The molecule has 0 N–H and O–H groups in total. The maximum atomic E-state index is 7.69. The summed E-state index contributed by atoms with van der Waals surface area (Å²) >= 11 is 0. The Morgan fingerprint density at radius 2 is 0.976 bits per heavy atom. The fraction of sp³-hybridized carbons (Fsp3) is 0. The van der Waals surface area contributed by atoms with E-state index in [9.17, 15) is 0 Å². The topological polar surface area (TPSA) is 30.1 Å². The zero-order valence-corrected chi connectivity index (χ0v) is 22.5. The lowest BCUT2D eigenvalue weighted by Crippen LogP contribution is -1.92. The molecule has 2 aromatic heterocycles. The Labute approximate surface area is 242 Å². The van der Waals surface area contributed by atoms with Gasteiger partial charge in [0.2, 0.25) is 0 Å². The Hall–Kier alpha value is -5.85. The molecule has 2 heterocycles. The fourth-order valence-corrected chi connectivity index (χ4v) is 6.85. The third kappa shape index (κ3) is 3.15. The molecule has 6 aromatic carbocycles. The summed E-state index contributed by atoms with van der Waals surface area (Å²) in [6, 6.07) is 40.6. The first-order valence-corrected chi connectivity index (χ1v) is 14.0. The Morgan fingerprint density at radius 1 is 0.429 bits per heavy atom. The number of pyridine rings is 2. The zero-order chi connectivity index (χ0) is 27.8. The molecule has 3 heteroatoms. The van der Waals surface area contributed by atoms with Crippen LogP contribution in [0.2, 0.25) is 0 Å². The van der Waals surface area contributed by atoms with Gasteiger partial charge in [0.05, 0.1) is 18.0 Å². The normalized spacial score (nSPS) is 11.8. The average Bonchev–Trinajstić information content (AvgIpc) is 3.37. The Morgan fingerprint density at radius 3 is 1.57 bits per heavy atom. The van der Waals surface area contributed by atoms with E-state index in [0.29, 0.717) is 5.69 Å². The van der Waals surface area contributed by atoms with Crippen LogP contribution >= 0.6 is 0 Å². The van der Waals surface area contributed by atoms with E-state index in [2.05, 4.69) is 77.6 Å². The molecule has 8 aromatic rings. The third-order valence-corrected chi connectivity index (χ3v) is 8.68. The summed E-state index contributed by atoms with van der Waals surface area (Å²) in [6.07, 6.45) is 3.69. The summed E-state index contributed by atoms with van der Waals surface area (Å²) in [7, 11) is 0. The number of rotatable bonds is 2. The summed E-state index contributed by atoms with van der Waals surface area (Å²) in [4.78, 5) is 13.3. The minimum atomic E-state index is 0.619. The summed E-state index contributed by atoms with van der Waals surface area (Å²) in [5.74, 6) is 0. The molecule has 1 aliphatic carbocycles. The molecule has 0 saturated carbocycles. The molecule has 0 fully saturated rings. The van der Waals surface area contributed by atoms with Crippen LogP contribution < -0.4 is 0 Å². The Kier molecular flexibility index (Phi) is 4.68. The molecule has 1 aliphatic rings. The van der Waals surface area contributed by atoms with E-state index in [1.807, 2.05) is 54.9 Å². The second-order valence-corrected chi connectivity index (χ2v) is 10.9. The van der Waals surface area contributed by atoms with Crippen LogP contribution in [0.15, 0.2) is 128 Å². The van der Waals surface area contributed by atoms with Crippen molar-refractivity contribution in [2.24, 2.45) is 0 Å². The first kappa shape index (κ1) is 22.9. The minimum absolute atomic E-state index is 0.619. The van der Waals surface area contributed by atoms with Crippen molar-refractivity contribution in [3.05, 3.63) is 139 Å². The monoisotopic (exact) mass is 531 g/mol. The van der Waals surface area contributed by atoms with Crippen LogP contribution in [0.5, 0.6) is 0 Å². The van der Waals surface area contributed by atoms with Gasteiger partial charge >= 0.3 is 0 Å². The van der Waals surface area contributed by atoms with Crippen LogP contribution in [0.1, 0.15) is 0 Å². The van der Waals surface area contributed by atoms with Gasteiger partial charge < -0.3 is 0 Å². The smallest absolute Gasteiger partial charge is 0.187 e.